The molecule has 0 bridgehead atoms. The molecule has 0 spiro atoms. The van der Waals surface area contributed by atoms with Crippen LogP contribution in [0.2, 0.25) is 0 Å². The van der Waals surface area contributed by atoms with Crippen LogP contribution in [0.15, 0.2) is 0 Å². The molecule has 2 heteroatoms. The molecule has 0 N–H and O–H groups in total. The summed E-state index contributed by atoms with van der Waals surface area (Å²) in [6, 6.07) is 1.57. The topological polar surface area (TPSA) is 6.48 Å². The molecule has 1 aliphatic rings. The quantitative estimate of drug-likeness (QED) is 0.683. The van der Waals surface area contributed by atoms with E-state index < -0.39 is 0 Å². The molecule has 1 heterocycles. The van der Waals surface area contributed by atoms with Gasteiger partial charge in [0, 0.05) is 25.2 Å². The molecule has 84 valence electrons. The minimum Gasteiger partial charge on any atom is -0.301 e. The van der Waals surface area contributed by atoms with Crippen LogP contribution in [0, 0.1) is 0 Å². The molecule has 2 unspecified atom stereocenters. The molecule has 0 aromatic rings. The van der Waals surface area contributed by atoms with Crippen LogP contribution in [0.25, 0.3) is 0 Å². The van der Waals surface area contributed by atoms with Crippen molar-refractivity contribution in [2.45, 2.75) is 51.6 Å². The first-order chi connectivity index (χ1) is 6.70. The van der Waals surface area contributed by atoms with Gasteiger partial charge < -0.3 is 9.80 Å². The molecule has 2 atom stereocenters. The van der Waals surface area contributed by atoms with Crippen LogP contribution in [-0.2, 0) is 0 Å². The number of likely N-dealkylation sites (N-methyl/N-ethyl adjacent to an activating group) is 2. The highest BCUT2D eigenvalue weighted by molar-refractivity contribution is 4.87. The highest BCUT2D eigenvalue weighted by Gasteiger charge is 2.30. The van der Waals surface area contributed by atoms with Crippen molar-refractivity contribution in [2.24, 2.45) is 0 Å². The Labute approximate surface area is 89.3 Å². The SMILES string of the molecule is CCCCC1C(CC)N(C)CCN1C. The summed E-state index contributed by atoms with van der Waals surface area (Å²) in [6.45, 7) is 7.08. The second-order valence-electron chi connectivity index (χ2n) is 4.65. The van der Waals surface area contributed by atoms with Gasteiger partial charge in [0.15, 0.2) is 0 Å². The van der Waals surface area contributed by atoms with E-state index in [9.17, 15) is 0 Å². The largest absolute Gasteiger partial charge is 0.301 e. The summed E-state index contributed by atoms with van der Waals surface area (Å²) >= 11 is 0. The molecular formula is C12H26N2. The van der Waals surface area contributed by atoms with Crippen LogP contribution < -0.4 is 0 Å². The summed E-state index contributed by atoms with van der Waals surface area (Å²) < 4.78 is 0. The predicted octanol–water partition coefficient (Wildman–Crippen LogP) is 2.20. The molecule has 1 fully saturated rings. The van der Waals surface area contributed by atoms with Crippen molar-refractivity contribution in [2.75, 3.05) is 27.2 Å². The van der Waals surface area contributed by atoms with E-state index in [4.69, 9.17) is 0 Å². The maximum absolute atomic E-state index is 2.56. The fraction of sp³-hybridized carbons (Fsp3) is 1.00. The van der Waals surface area contributed by atoms with Gasteiger partial charge >= 0.3 is 0 Å². The minimum absolute atomic E-state index is 0.778. The second-order valence-corrected chi connectivity index (χ2v) is 4.65. The van der Waals surface area contributed by atoms with Crippen molar-refractivity contribution in [3.05, 3.63) is 0 Å². The summed E-state index contributed by atoms with van der Waals surface area (Å²) in [5, 5.41) is 0. The highest BCUT2D eigenvalue weighted by atomic mass is 15.3. The molecule has 0 aromatic heterocycles. The summed E-state index contributed by atoms with van der Waals surface area (Å²) in [4.78, 5) is 5.10. The van der Waals surface area contributed by atoms with Crippen molar-refractivity contribution in [1.29, 1.82) is 0 Å². The number of rotatable bonds is 4. The fourth-order valence-electron chi connectivity index (χ4n) is 2.64. The van der Waals surface area contributed by atoms with Crippen molar-refractivity contribution < 1.29 is 0 Å². The van der Waals surface area contributed by atoms with Crippen molar-refractivity contribution in [3.8, 4) is 0 Å². The lowest BCUT2D eigenvalue weighted by molar-refractivity contribution is 0.0446. The van der Waals surface area contributed by atoms with Crippen LogP contribution >= 0.6 is 0 Å². The van der Waals surface area contributed by atoms with Gasteiger partial charge in [0.2, 0.25) is 0 Å². The van der Waals surface area contributed by atoms with E-state index in [0.717, 1.165) is 12.1 Å². The molecule has 14 heavy (non-hydrogen) atoms. The first kappa shape index (κ1) is 12.0. The standard InChI is InChI=1S/C12H26N2/c1-5-7-8-12-11(6-2)13(3)9-10-14(12)4/h11-12H,5-10H2,1-4H3. The Morgan fingerprint density at radius 3 is 2.07 bits per heavy atom. The maximum atomic E-state index is 2.56. The lowest BCUT2D eigenvalue weighted by Crippen LogP contribution is -2.56. The van der Waals surface area contributed by atoms with Gasteiger partial charge in [0.1, 0.15) is 0 Å². The van der Waals surface area contributed by atoms with Crippen LogP contribution in [0.3, 0.4) is 0 Å². The monoisotopic (exact) mass is 198 g/mol. The normalized spacial score (nSPS) is 30.9. The second kappa shape index (κ2) is 5.72. The molecule has 2 nitrogen and oxygen atoms in total. The first-order valence-electron chi connectivity index (χ1n) is 6.11. The van der Waals surface area contributed by atoms with Gasteiger partial charge in [0.05, 0.1) is 0 Å². The average molecular weight is 198 g/mol. The van der Waals surface area contributed by atoms with Crippen LogP contribution in [0.5, 0.6) is 0 Å². The van der Waals surface area contributed by atoms with Gasteiger partial charge in [-0.3, -0.25) is 0 Å². The highest BCUT2D eigenvalue weighted by Crippen LogP contribution is 2.21. The zero-order chi connectivity index (χ0) is 10.6. The zero-order valence-corrected chi connectivity index (χ0v) is 10.3. The third-order valence-electron chi connectivity index (χ3n) is 3.65. The molecule has 0 aromatic carbocycles. The summed E-state index contributed by atoms with van der Waals surface area (Å²) in [6.07, 6.45) is 5.36. The molecule has 1 saturated heterocycles. The molecule has 0 amide bonds. The smallest absolute Gasteiger partial charge is 0.0248 e. The summed E-state index contributed by atoms with van der Waals surface area (Å²) in [7, 11) is 4.57. The van der Waals surface area contributed by atoms with E-state index in [1.54, 1.807) is 0 Å². The summed E-state index contributed by atoms with van der Waals surface area (Å²) in [5.41, 5.74) is 0. The predicted molar refractivity (Wildman–Crippen MR) is 62.7 cm³/mol. The van der Waals surface area contributed by atoms with Gasteiger partial charge in [-0.2, -0.15) is 0 Å². The van der Waals surface area contributed by atoms with Gasteiger partial charge in [-0.15, -0.1) is 0 Å². The first-order valence-corrected chi connectivity index (χ1v) is 6.11. The third kappa shape index (κ3) is 2.71. The van der Waals surface area contributed by atoms with Crippen molar-refractivity contribution in [3.63, 3.8) is 0 Å². The van der Waals surface area contributed by atoms with E-state index in [0.29, 0.717) is 0 Å². The Morgan fingerprint density at radius 1 is 1.00 bits per heavy atom. The molecular weight excluding hydrogens is 172 g/mol. The Balaban J connectivity index is 2.54. The number of unbranched alkanes of at least 4 members (excludes halogenated alkanes) is 1. The Kier molecular flexibility index (Phi) is 4.90. The van der Waals surface area contributed by atoms with E-state index in [-0.39, 0.29) is 0 Å². The maximum Gasteiger partial charge on any atom is 0.0248 e. The van der Waals surface area contributed by atoms with E-state index in [1.807, 2.05) is 0 Å². The molecule has 0 aliphatic carbocycles. The van der Waals surface area contributed by atoms with Crippen LogP contribution in [0.4, 0.5) is 0 Å². The van der Waals surface area contributed by atoms with Gasteiger partial charge in [0.25, 0.3) is 0 Å². The Bertz CT molecular complexity index is 158. The minimum atomic E-state index is 0.778. The molecule has 0 radical (unpaired) electrons. The number of piperazine rings is 1. The fourth-order valence-corrected chi connectivity index (χ4v) is 2.64. The number of hydrogen-bond acceptors (Lipinski definition) is 2. The van der Waals surface area contributed by atoms with Gasteiger partial charge in [-0.05, 0) is 26.9 Å². The number of nitrogens with zero attached hydrogens (tertiary/aromatic N) is 2. The number of hydrogen-bond donors (Lipinski definition) is 0. The molecule has 0 saturated carbocycles. The third-order valence-corrected chi connectivity index (χ3v) is 3.65. The van der Waals surface area contributed by atoms with Crippen LogP contribution in [-0.4, -0.2) is 49.1 Å². The molecule has 1 rings (SSSR count). The average Bonchev–Trinajstić information content (AvgIpc) is 2.19. The summed E-state index contributed by atoms with van der Waals surface area (Å²) in [5.74, 6) is 0. The van der Waals surface area contributed by atoms with E-state index in [1.165, 1.54) is 38.8 Å². The zero-order valence-electron chi connectivity index (χ0n) is 10.3. The van der Waals surface area contributed by atoms with Gasteiger partial charge in [-0.1, -0.05) is 26.7 Å². The Morgan fingerprint density at radius 2 is 1.57 bits per heavy atom. The van der Waals surface area contributed by atoms with E-state index >= 15 is 0 Å². The molecule has 1 aliphatic heterocycles. The van der Waals surface area contributed by atoms with Crippen molar-refractivity contribution in [1.82, 2.24) is 9.80 Å². The van der Waals surface area contributed by atoms with E-state index in [2.05, 4.69) is 37.7 Å². The lowest BCUT2D eigenvalue weighted by atomic mass is 9.95. The van der Waals surface area contributed by atoms with Gasteiger partial charge in [-0.25, -0.2) is 0 Å². The Hall–Kier alpha value is -0.0800. The van der Waals surface area contributed by atoms with Crippen LogP contribution in [0.1, 0.15) is 39.5 Å². The lowest BCUT2D eigenvalue weighted by Gasteiger charge is -2.45. The van der Waals surface area contributed by atoms with Crippen molar-refractivity contribution >= 4 is 0 Å².